The topological polar surface area (TPSA) is 60.9 Å². The predicted octanol–water partition coefficient (Wildman–Crippen LogP) is 1.07. The van der Waals surface area contributed by atoms with Crippen molar-refractivity contribution in [1.29, 1.82) is 0 Å². The molecule has 0 radical (unpaired) electrons. The number of hydrogen-bond acceptors (Lipinski definition) is 3. The number of likely N-dealkylation sites (N-methyl/N-ethyl adjacent to an activating group) is 1. The molecule has 2 atom stereocenters. The van der Waals surface area contributed by atoms with Crippen molar-refractivity contribution < 1.29 is 14.7 Å². The van der Waals surface area contributed by atoms with Gasteiger partial charge in [0, 0.05) is 32.5 Å². The highest BCUT2D eigenvalue weighted by molar-refractivity contribution is 6.13. The fourth-order valence-electron chi connectivity index (χ4n) is 3.07. The molecule has 100 valence electrons. The first-order valence-electron chi connectivity index (χ1n) is 6.22. The van der Waals surface area contributed by atoms with Crippen LogP contribution in [-0.2, 0) is 15.0 Å². The fourth-order valence-corrected chi connectivity index (χ4v) is 3.07. The number of amides is 1. The highest BCUT2D eigenvalue weighted by atomic mass is 16.4. The third-order valence-corrected chi connectivity index (χ3v) is 4.28. The van der Waals surface area contributed by atoms with Crippen LogP contribution in [0.5, 0.6) is 0 Å². The molecular weight excluding hydrogens is 244 g/mol. The Bertz CT molecular complexity index is 596. The molecule has 1 heterocycles. The van der Waals surface area contributed by atoms with Crippen LogP contribution >= 0.6 is 0 Å². The van der Waals surface area contributed by atoms with Gasteiger partial charge in [-0.1, -0.05) is 6.07 Å². The van der Waals surface area contributed by atoms with E-state index >= 15 is 0 Å². The summed E-state index contributed by atoms with van der Waals surface area (Å²) in [6, 6.07) is 5.78. The lowest BCUT2D eigenvalue weighted by Crippen LogP contribution is -2.30. The minimum atomic E-state index is -0.883. The molecule has 0 aromatic heterocycles. The van der Waals surface area contributed by atoms with Gasteiger partial charge in [0.05, 0.1) is 11.3 Å². The molecule has 1 aromatic carbocycles. The zero-order chi connectivity index (χ0) is 13.9. The molecule has 1 aliphatic carbocycles. The Balaban J connectivity index is 2.12. The van der Waals surface area contributed by atoms with Crippen molar-refractivity contribution in [3.8, 4) is 0 Å². The van der Waals surface area contributed by atoms with E-state index in [0.717, 1.165) is 16.9 Å². The first-order valence-corrected chi connectivity index (χ1v) is 6.22. The number of anilines is 2. The number of rotatable bonds is 2. The van der Waals surface area contributed by atoms with Crippen LogP contribution in [0.25, 0.3) is 0 Å². The van der Waals surface area contributed by atoms with Gasteiger partial charge in [-0.2, -0.15) is 0 Å². The SMILES string of the molecule is CN(C)c1ccc2c(c1)N(C)C(=O)C21CC1C(=O)O. The maximum atomic E-state index is 12.4. The Labute approximate surface area is 111 Å². The van der Waals surface area contributed by atoms with Gasteiger partial charge in [0.1, 0.15) is 0 Å². The molecule has 1 fully saturated rings. The number of hydrogen-bond donors (Lipinski definition) is 1. The van der Waals surface area contributed by atoms with E-state index in [1.165, 1.54) is 0 Å². The van der Waals surface area contributed by atoms with Gasteiger partial charge in [-0.05, 0) is 24.1 Å². The van der Waals surface area contributed by atoms with Gasteiger partial charge >= 0.3 is 5.97 Å². The lowest BCUT2D eigenvalue weighted by Gasteiger charge is -2.16. The van der Waals surface area contributed by atoms with Crippen molar-refractivity contribution in [2.24, 2.45) is 5.92 Å². The molecule has 2 unspecified atom stereocenters. The number of benzene rings is 1. The van der Waals surface area contributed by atoms with E-state index in [9.17, 15) is 14.7 Å². The zero-order valence-corrected chi connectivity index (χ0v) is 11.2. The molecule has 1 aliphatic heterocycles. The second-order valence-corrected chi connectivity index (χ2v) is 5.53. The molecule has 5 heteroatoms. The van der Waals surface area contributed by atoms with Crippen molar-refractivity contribution in [3.05, 3.63) is 23.8 Å². The fraction of sp³-hybridized carbons (Fsp3) is 0.429. The van der Waals surface area contributed by atoms with Crippen molar-refractivity contribution in [2.45, 2.75) is 11.8 Å². The van der Waals surface area contributed by atoms with E-state index in [4.69, 9.17) is 0 Å². The van der Waals surface area contributed by atoms with Crippen molar-refractivity contribution in [3.63, 3.8) is 0 Å². The van der Waals surface area contributed by atoms with Crippen LogP contribution in [-0.4, -0.2) is 38.1 Å². The van der Waals surface area contributed by atoms with Crippen LogP contribution < -0.4 is 9.80 Å². The number of carbonyl (C=O) groups excluding carboxylic acids is 1. The minimum absolute atomic E-state index is 0.0918. The molecule has 0 bridgehead atoms. The van der Waals surface area contributed by atoms with Gasteiger partial charge in [0.2, 0.25) is 5.91 Å². The molecule has 0 saturated heterocycles. The van der Waals surface area contributed by atoms with Gasteiger partial charge in [-0.25, -0.2) is 0 Å². The van der Waals surface area contributed by atoms with Gasteiger partial charge in [-0.3, -0.25) is 9.59 Å². The molecule has 5 nitrogen and oxygen atoms in total. The van der Waals surface area contributed by atoms with Gasteiger partial charge in [-0.15, -0.1) is 0 Å². The van der Waals surface area contributed by atoms with Crippen LogP contribution in [0.3, 0.4) is 0 Å². The summed E-state index contributed by atoms with van der Waals surface area (Å²) in [6.07, 6.45) is 0.416. The number of fused-ring (bicyclic) bond motifs is 2. The van der Waals surface area contributed by atoms with Crippen LogP contribution in [0.2, 0.25) is 0 Å². The Morgan fingerprint density at radius 3 is 2.68 bits per heavy atom. The summed E-state index contributed by atoms with van der Waals surface area (Å²) in [7, 11) is 5.59. The van der Waals surface area contributed by atoms with Crippen molar-refractivity contribution >= 4 is 23.3 Å². The van der Waals surface area contributed by atoms with E-state index in [0.29, 0.717) is 6.42 Å². The lowest BCUT2D eigenvalue weighted by molar-refractivity contribution is -0.140. The van der Waals surface area contributed by atoms with E-state index in [1.54, 1.807) is 11.9 Å². The van der Waals surface area contributed by atoms with Crippen molar-refractivity contribution in [1.82, 2.24) is 0 Å². The van der Waals surface area contributed by atoms with Gasteiger partial charge < -0.3 is 14.9 Å². The maximum Gasteiger partial charge on any atom is 0.307 e. The van der Waals surface area contributed by atoms with Gasteiger partial charge in [0.25, 0.3) is 0 Å². The molecule has 19 heavy (non-hydrogen) atoms. The lowest BCUT2D eigenvalue weighted by atomic mass is 9.94. The largest absolute Gasteiger partial charge is 0.481 e. The summed E-state index contributed by atoms with van der Waals surface area (Å²) < 4.78 is 0. The highest BCUT2D eigenvalue weighted by Gasteiger charge is 2.69. The summed E-state index contributed by atoms with van der Waals surface area (Å²) in [6.45, 7) is 0. The summed E-state index contributed by atoms with van der Waals surface area (Å²) >= 11 is 0. The van der Waals surface area contributed by atoms with E-state index in [1.807, 2.05) is 37.2 Å². The average molecular weight is 260 g/mol. The van der Waals surface area contributed by atoms with Crippen LogP contribution in [0.4, 0.5) is 11.4 Å². The number of nitrogens with zero attached hydrogens (tertiary/aromatic N) is 2. The summed E-state index contributed by atoms with van der Waals surface area (Å²) in [4.78, 5) is 27.1. The monoisotopic (exact) mass is 260 g/mol. The molecule has 1 saturated carbocycles. The molecular formula is C14H16N2O3. The zero-order valence-electron chi connectivity index (χ0n) is 11.2. The first kappa shape index (κ1) is 12.0. The van der Waals surface area contributed by atoms with E-state index < -0.39 is 17.3 Å². The summed E-state index contributed by atoms with van der Waals surface area (Å²) in [5, 5.41) is 9.17. The number of aliphatic carboxylic acids is 1. The molecule has 1 N–H and O–H groups in total. The Morgan fingerprint density at radius 1 is 1.47 bits per heavy atom. The molecule has 1 spiro atoms. The number of carbonyl (C=O) groups is 2. The minimum Gasteiger partial charge on any atom is -0.481 e. The van der Waals surface area contributed by atoms with E-state index in [2.05, 4.69) is 0 Å². The molecule has 1 aromatic rings. The first-order chi connectivity index (χ1) is 8.89. The molecule has 3 rings (SSSR count). The standard InChI is InChI=1S/C14H16N2O3/c1-15(2)8-4-5-9-11(6-8)16(3)13(19)14(9)7-10(14)12(17)18/h4-6,10H,7H2,1-3H3,(H,17,18). The third-order valence-electron chi connectivity index (χ3n) is 4.28. The smallest absolute Gasteiger partial charge is 0.307 e. The van der Waals surface area contributed by atoms with Gasteiger partial charge in [0.15, 0.2) is 0 Å². The average Bonchev–Trinajstić information content (AvgIpc) is 3.08. The number of carboxylic acids is 1. The maximum absolute atomic E-state index is 12.4. The second-order valence-electron chi connectivity index (χ2n) is 5.53. The van der Waals surface area contributed by atoms with Crippen LogP contribution in [0.15, 0.2) is 18.2 Å². The predicted molar refractivity (Wildman–Crippen MR) is 71.6 cm³/mol. The number of carboxylic acid groups (broad SMARTS) is 1. The summed E-state index contributed by atoms with van der Waals surface area (Å²) in [5.74, 6) is -1.55. The van der Waals surface area contributed by atoms with E-state index in [-0.39, 0.29) is 5.91 Å². The van der Waals surface area contributed by atoms with Crippen LogP contribution in [0.1, 0.15) is 12.0 Å². The Hall–Kier alpha value is -2.04. The quantitative estimate of drug-likeness (QED) is 0.864. The third kappa shape index (κ3) is 1.35. The van der Waals surface area contributed by atoms with Crippen molar-refractivity contribution in [2.75, 3.05) is 30.9 Å². The summed E-state index contributed by atoms with van der Waals surface area (Å²) in [5.41, 5.74) is 1.89. The highest BCUT2D eigenvalue weighted by Crippen LogP contribution is 2.61. The second kappa shape index (κ2) is 3.50. The molecule has 1 amide bonds. The Kier molecular flexibility index (Phi) is 2.21. The molecule has 2 aliphatic rings. The normalized spacial score (nSPS) is 27.6. The van der Waals surface area contributed by atoms with Crippen LogP contribution in [0, 0.1) is 5.92 Å². The Morgan fingerprint density at radius 2 is 2.16 bits per heavy atom.